The number of carbonyl (C=O) groups is 1. The Morgan fingerprint density at radius 1 is 0.871 bits per heavy atom. The summed E-state index contributed by atoms with van der Waals surface area (Å²) in [7, 11) is 0. The minimum atomic E-state index is -0.553. The molecule has 0 heterocycles. The number of benzene rings is 3. The Hall–Kier alpha value is -3.25. The van der Waals surface area contributed by atoms with Crippen LogP contribution in [0.25, 0.3) is 0 Å². The highest BCUT2D eigenvalue weighted by molar-refractivity contribution is 7.80. The van der Waals surface area contributed by atoms with Crippen LogP contribution in [-0.4, -0.2) is 11.0 Å². The summed E-state index contributed by atoms with van der Waals surface area (Å²) >= 11 is 5.37. The highest BCUT2D eigenvalue weighted by Gasteiger charge is 2.13. The van der Waals surface area contributed by atoms with Crippen molar-refractivity contribution in [3.05, 3.63) is 95.3 Å². The lowest BCUT2D eigenvalue weighted by atomic mass is 9.87. The fourth-order valence-electron chi connectivity index (χ4n) is 2.96. The predicted octanol–water partition coefficient (Wildman–Crippen LogP) is 5.86. The Bertz CT molecular complexity index is 1060. The largest absolute Gasteiger partial charge is 0.358 e. The van der Waals surface area contributed by atoms with Gasteiger partial charge >= 0.3 is 0 Å². The van der Waals surface area contributed by atoms with Gasteiger partial charge in [0.1, 0.15) is 5.82 Å². The van der Waals surface area contributed by atoms with Crippen LogP contribution in [0.1, 0.15) is 42.3 Å². The fraction of sp³-hybridized carbons (Fsp3) is 0.200. The number of halogens is 1. The fourth-order valence-corrected chi connectivity index (χ4v) is 3.15. The van der Waals surface area contributed by atoms with Crippen molar-refractivity contribution in [3.63, 3.8) is 0 Å². The smallest absolute Gasteiger partial charge is 0.258 e. The second-order valence-corrected chi connectivity index (χ2v) is 8.67. The molecule has 0 saturated heterocycles. The van der Waals surface area contributed by atoms with Crippen molar-refractivity contribution >= 4 is 34.6 Å². The van der Waals surface area contributed by atoms with Gasteiger partial charge in [0, 0.05) is 17.9 Å². The highest BCUT2D eigenvalue weighted by atomic mass is 32.1. The first-order valence-corrected chi connectivity index (χ1v) is 10.4. The first-order valence-electron chi connectivity index (χ1n) is 10.0. The average molecular weight is 436 g/mol. The number of anilines is 2. The second-order valence-electron chi connectivity index (χ2n) is 8.27. The first kappa shape index (κ1) is 22.4. The zero-order valence-corrected chi connectivity index (χ0v) is 18.6. The van der Waals surface area contributed by atoms with Gasteiger partial charge in [-0.25, -0.2) is 4.39 Å². The standard InChI is InChI=1S/C25H26FN3OS/c1-25(2,3)18-10-8-17(9-11-18)16-27-24(31)29-20-14-12-19(13-15-20)28-23(30)21-6-4-5-7-22(21)26/h4-15H,16H2,1-3H3,(H,28,30)(H2,27,29,31). The Balaban J connectivity index is 1.51. The number of amides is 1. The van der Waals surface area contributed by atoms with Crippen molar-refractivity contribution in [1.82, 2.24) is 5.32 Å². The molecule has 1 amide bonds. The van der Waals surface area contributed by atoms with Crippen LogP contribution in [0.3, 0.4) is 0 Å². The molecule has 0 aliphatic heterocycles. The maximum absolute atomic E-state index is 13.7. The summed E-state index contributed by atoms with van der Waals surface area (Å²) in [6.45, 7) is 7.19. The van der Waals surface area contributed by atoms with Gasteiger partial charge < -0.3 is 16.0 Å². The van der Waals surface area contributed by atoms with Crippen molar-refractivity contribution in [3.8, 4) is 0 Å². The Labute approximate surface area is 187 Å². The molecule has 3 aromatic carbocycles. The molecule has 0 saturated carbocycles. The van der Waals surface area contributed by atoms with Crippen molar-refractivity contribution in [2.24, 2.45) is 0 Å². The van der Waals surface area contributed by atoms with Crippen molar-refractivity contribution in [1.29, 1.82) is 0 Å². The molecular formula is C25H26FN3OS. The van der Waals surface area contributed by atoms with Crippen molar-refractivity contribution in [2.75, 3.05) is 10.6 Å². The van der Waals surface area contributed by atoms with E-state index in [1.165, 1.54) is 17.7 Å². The second kappa shape index (κ2) is 9.71. The summed E-state index contributed by atoms with van der Waals surface area (Å²) in [5.41, 5.74) is 3.91. The molecule has 3 N–H and O–H groups in total. The van der Waals surface area contributed by atoms with Gasteiger partial charge in [-0.15, -0.1) is 0 Å². The van der Waals surface area contributed by atoms with E-state index in [0.717, 1.165) is 11.3 Å². The Morgan fingerprint density at radius 3 is 2.03 bits per heavy atom. The van der Waals surface area contributed by atoms with Crippen LogP contribution in [0.15, 0.2) is 72.8 Å². The average Bonchev–Trinajstić information content (AvgIpc) is 2.73. The van der Waals surface area contributed by atoms with E-state index in [2.05, 4.69) is 61.0 Å². The van der Waals surface area contributed by atoms with Crippen molar-refractivity contribution < 1.29 is 9.18 Å². The van der Waals surface area contributed by atoms with Gasteiger partial charge in [-0.1, -0.05) is 57.2 Å². The number of thiocarbonyl (C=S) groups is 1. The third-order valence-electron chi connectivity index (χ3n) is 4.79. The first-order chi connectivity index (χ1) is 14.7. The van der Waals surface area contributed by atoms with E-state index in [9.17, 15) is 9.18 Å². The molecule has 0 aliphatic rings. The van der Waals surface area contributed by atoms with Gasteiger partial charge in [-0.3, -0.25) is 4.79 Å². The van der Waals surface area contributed by atoms with Gasteiger partial charge in [0.05, 0.1) is 5.56 Å². The number of nitrogens with one attached hydrogen (secondary N) is 3. The van der Waals surface area contributed by atoms with Crippen LogP contribution in [0.4, 0.5) is 15.8 Å². The van der Waals surface area contributed by atoms with E-state index in [1.807, 2.05) is 0 Å². The minimum Gasteiger partial charge on any atom is -0.358 e. The molecule has 6 heteroatoms. The summed E-state index contributed by atoms with van der Waals surface area (Å²) in [6.07, 6.45) is 0. The van der Waals surface area contributed by atoms with Gasteiger partial charge in [0.2, 0.25) is 0 Å². The monoisotopic (exact) mass is 435 g/mol. The molecule has 3 aromatic rings. The summed E-state index contributed by atoms with van der Waals surface area (Å²) in [4.78, 5) is 12.2. The van der Waals surface area contributed by atoms with Crippen LogP contribution >= 0.6 is 12.2 Å². The summed E-state index contributed by atoms with van der Waals surface area (Å²) in [6, 6.07) is 21.4. The highest BCUT2D eigenvalue weighted by Crippen LogP contribution is 2.22. The minimum absolute atomic E-state index is 0.00520. The van der Waals surface area contributed by atoms with Crippen molar-refractivity contribution in [2.45, 2.75) is 32.7 Å². The van der Waals surface area contributed by atoms with E-state index in [0.29, 0.717) is 17.3 Å². The molecule has 0 atom stereocenters. The predicted molar refractivity (Wildman–Crippen MR) is 129 cm³/mol. The number of hydrogen-bond acceptors (Lipinski definition) is 2. The van der Waals surface area contributed by atoms with E-state index in [-0.39, 0.29) is 11.0 Å². The molecule has 0 radical (unpaired) electrons. The van der Waals surface area contributed by atoms with Crippen LogP contribution in [0.2, 0.25) is 0 Å². The van der Waals surface area contributed by atoms with Crippen LogP contribution in [-0.2, 0) is 12.0 Å². The normalized spacial score (nSPS) is 11.0. The molecular weight excluding hydrogens is 409 g/mol. The SMILES string of the molecule is CC(C)(C)c1ccc(CNC(=S)Nc2ccc(NC(=O)c3ccccc3F)cc2)cc1. The van der Waals surface area contributed by atoms with Gasteiger partial charge in [-0.2, -0.15) is 0 Å². The Morgan fingerprint density at radius 2 is 1.45 bits per heavy atom. The summed E-state index contributed by atoms with van der Waals surface area (Å²) in [5, 5.41) is 9.49. The molecule has 0 spiro atoms. The summed E-state index contributed by atoms with van der Waals surface area (Å²) in [5.74, 6) is -1.05. The summed E-state index contributed by atoms with van der Waals surface area (Å²) < 4.78 is 13.7. The lowest BCUT2D eigenvalue weighted by Crippen LogP contribution is -2.27. The molecule has 4 nitrogen and oxygen atoms in total. The van der Waals surface area contributed by atoms with Gasteiger partial charge in [0.25, 0.3) is 5.91 Å². The molecule has 31 heavy (non-hydrogen) atoms. The van der Waals surface area contributed by atoms with E-state index in [1.54, 1.807) is 36.4 Å². The molecule has 160 valence electrons. The Kier molecular flexibility index (Phi) is 7.02. The van der Waals surface area contributed by atoms with Gasteiger partial charge in [-0.05, 0) is 65.2 Å². The zero-order valence-electron chi connectivity index (χ0n) is 17.8. The topological polar surface area (TPSA) is 53.2 Å². The quantitative estimate of drug-likeness (QED) is 0.439. The lowest BCUT2D eigenvalue weighted by molar-refractivity contribution is 0.102. The molecule has 0 unspecified atom stereocenters. The molecule has 0 fully saturated rings. The lowest BCUT2D eigenvalue weighted by Gasteiger charge is -2.19. The molecule has 0 aromatic heterocycles. The number of hydrogen-bond donors (Lipinski definition) is 3. The molecule has 0 aliphatic carbocycles. The van der Waals surface area contributed by atoms with E-state index >= 15 is 0 Å². The third kappa shape index (κ3) is 6.36. The molecule has 3 rings (SSSR count). The zero-order chi connectivity index (χ0) is 22.4. The van der Waals surface area contributed by atoms with Crippen LogP contribution in [0.5, 0.6) is 0 Å². The van der Waals surface area contributed by atoms with E-state index < -0.39 is 11.7 Å². The van der Waals surface area contributed by atoms with Crippen LogP contribution in [0, 0.1) is 5.82 Å². The maximum atomic E-state index is 13.7. The van der Waals surface area contributed by atoms with Crippen LogP contribution < -0.4 is 16.0 Å². The maximum Gasteiger partial charge on any atom is 0.258 e. The third-order valence-corrected chi connectivity index (χ3v) is 5.04. The molecule has 0 bridgehead atoms. The number of carbonyl (C=O) groups excluding carboxylic acids is 1. The van der Waals surface area contributed by atoms with Gasteiger partial charge in [0.15, 0.2) is 5.11 Å². The van der Waals surface area contributed by atoms with E-state index in [4.69, 9.17) is 12.2 Å². The number of rotatable bonds is 5.